The fourth-order valence-corrected chi connectivity index (χ4v) is 2.31. The molecule has 22 heavy (non-hydrogen) atoms. The average molecular weight is 332 g/mol. The molecule has 2 rings (SSSR count). The van der Waals surface area contributed by atoms with E-state index in [0.29, 0.717) is 6.54 Å². The lowest BCUT2D eigenvalue weighted by atomic mass is 10.2. The Morgan fingerprint density at radius 3 is 2.95 bits per heavy atom. The van der Waals surface area contributed by atoms with E-state index in [2.05, 4.69) is 0 Å². The van der Waals surface area contributed by atoms with Gasteiger partial charge in [-0.2, -0.15) is 0 Å². The number of carboxylic acids is 1. The van der Waals surface area contributed by atoms with E-state index in [9.17, 15) is 14.0 Å². The van der Waals surface area contributed by atoms with Crippen LogP contribution >= 0.6 is 11.6 Å². The van der Waals surface area contributed by atoms with Crippen LogP contribution in [0.2, 0.25) is 5.02 Å². The average Bonchev–Trinajstić information content (AvgIpc) is 2.45. The highest BCUT2D eigenvalue weighted by atomic mass is 35.5. The van der Waals surface area contributed by atoms with Crippen molar-refractivity contribution in [2.75, 3.05) is 26.3 Å². The van der Waals surface area contributed by atoms with Crippen molar-refractivity contribution in [1.29, 1.82) is 0 Å². The van der Waals surface area contributed by atoms with Crippen molar-refractivity contribution < 1.29 is 28.6 Å². The fourth-order valence-electron chi connectivity index (χ4n) is 2.09. The van der Waals surface area contributed by atoms with E-state index in [1.165, 1.54) is 17.0 Å². The number of morpholine rings is 1. The van der Waals surface area contributed by atoms with Gasteiger partial charge in [0.05, 0.1) is 24.2 Å². The number of aliphatic carboxylic acids is 1. The first-order valence-corrected chi connectivity index (χ1v) is 7.02. The minimum absolute atomic E-state index is 0.0820. The van der Waals surface area contributed by atoms with E-state index in [1.54, 1.807) is 0 Å². The maximum atomic E-state index is 12.9. The van der Waals surface area contributed by atoms with Crippen LogP contribution in [-0.2, 0) is 14.3 Å². The van der Waals surface area contributed by atoms with Gasteiger partial charge in [-0.1, -0.05) is 11.6 Å². The standard InChI is InChI=1S/C14H15ClFNO5/c15-11-5-9(16)1-2-12(11)22-8-13(18)17-3-4-21-10(7-17)6-14(19)20/h1-2,5,10H,3-4,6-8H2,(H,19,20)/t10-/m0/s1. The second-order valence-corrected chi connectivity index (χ2v) is 5.20. The molecule has 1 atom stereocenters. The number of amides is 1. The second-order valence-electron chi connectivity index (χ2n) is 4.79. The van der Waals surface area contributed by atoms with Gasteiger partial charge in [0.2, 0.25) is 0 Å². The molecule has 0 bridgehead atoms. The first-order valence-electron chi connectivity index (χ1n) is 6.64. The summed E-state index contributed by atoms with van der Waals surface area (Å²) in [6, 6.07) is 3.62. The zero-order valence-corrected chi connectivity index (χ0v) is 12.4. The number of halogens is 2. The molecule has 0 saturated carbocycles. The summed E-state index contributed by atoms with van der Waals surface area (Å²) in [6.45, 7) is 0.591. The molecule has 1 N–H and O–H groups in total. The highest BCUT2D eigenvalue weighted by Gasteiger charge is 2.26. The Bertz CT molecular complexity index is 568. The third-order valence-electron chi connectivity index (χ3n) is 3.14. The lowest BCUT2D eigenvalue weighted by molar-refractivity contribution is -0.148. The van der Waals surface area contributed by atoms with Gasteiger partial charge in [-0.25, -0.2) is 4.39 Å². The van der Waals surface area contributed by atoms with E-state index < -0.39 is 17.9 Å². The van der Waals surface area contributed by atoms with E-state index in [-0.39, 0.29) is 42.9 Å². The molecule has 0 spiro atoms. The Hall–Kier alpha value is -1.86. The molecule has 8 heteroatoms. The van der Waals surface area contributed by atoms with Gasteiger partial charge in [-0.3, -0.25) is 9.59 Å². The molecule has 6 nitrogen and oxygen atoms in total. The Balaban J connectivity index is 1.87. The molecule has 1 aliphatic rings. The zero-order chi connectivity index (χ0) is 16.1. The Morgan fingerprint density at radius 2 is 2.27 bits per heavy atom. The summed E-state index contributed by atoms with van der Waals surface area (Å²) in [5, 5.41) is 8.82. The molecule has 1 aromatic rings. The Labute approximate surface area is 131 Å². The van der Waals surface area contributed by atoms with Crippen LogP contribution in [0, 0.1) is 5.82 Å². The molecule has 0 aromatic heterocycles. The molecule has 0 aliphatic carbocycles. The second kappa shape index (κ2) is 7.42. The van der Waals surface area contributed by atoms with Crippen molar-refractivity contribution >= 4 is 23.5 Å². The van der Waals surface area contributed by atoms with Gasteiger partial charge in [0.15, 0.2) is 6.61 Å². The monoisotopic (exact) mass is 331 g/mol. The summed E-state index contributed by atoms with van der Waals surface area (Å²) < 4.78 is 23.5. The highest BCUT2D eigenvalue weighted by Crippen LogP contribution is 2.24. The number of carbonyl (C=O) groups excluding carboxylic acids is 1. The number of benzene rings is 1. The quantitative estimate of drug-likeness (QED) is 0.886. The van der Waals surface area contributed by atoms with Gasteiger partial charge in [0.1, 0.15) is 11.6 Å². The van der Waals surface area contributed by atoms with Crippen LogP contribution < -0.4 is 4.74 Å². The molecular weight excluding hydrogens is 317 g/mol. The lowest BCUT2D eigenvalue weighted by Gasteiger charge is -2.32. The third kappa shape index (κ3) is 4.57. The smallest absolute Gasteiger partial charge is 0.306 e. The first kappa shape index (κ1) is 16.5. The highest BCUT2D eigenvalue weighted by molar-refractivity contribution is 6.32. The topological polar surface area (TPSA) is 76.1 Å². The summed E-state index contributed by atoms with van der Waals surface area (Å²) in [7, 11) is 0. The largest absolute Gasteiger partial charge is 0.482 e. The van der Waals surface area contributed by atoms with Gasteiger partial charge < -0.3 is 19.5 Å². The Kier molecular flexibility index (Phi) is 5.57. The number of rotatable bonds is 5. The molecule has 1 aliphatic heterocycles. The van der Waals surface area contributed by atoms with Crippen molar-refractivity contribution in [2.24, 2.45) is 0 Å². The molecule has 1 saturated heterocycles. The van der Waals surface area contributed by atoms with Crippen LogP contribution in [0.4, 0.5) is 4.39 Å². The van der Waals surface area contributed by atoms with Crippen LogP contribution in [0.3, 0.4) is 0 Å². The predicted molar refractivity (Wildman–Crippen MR) is 75.5 cm³/mol. The summed E-state index contributed by atoms with van der Waals surface area (Å²) in [5.41, 5.74) is 0. The fraction of sp³-hybridized carbons (Fsp3) is 0.429. The summed E-state index contributed by atoms with van der Waals surface area (Å²) in [4.78, 5) is 24.2. The zero-order valence-electron chi connectivity index (χ0n) is 11.6. The summed E-state index contributed by atoms with van der Waals surface area (Å²) in [6.07, 6.45) is -0.682. The normalized spacial score (nSPS) is 18.1. The molecule has 0 unspecified atom stereocenters. The van der Waals surface area contributed by atoms with Gasteiger partial charge >= 0.3 is 5.97 Å². The van der Waals surface area contributed by atoms with Crippen LogP contribution in [0.25, 0.3) is 0 Å². The predicted octanol–water partition coefficient (Wildman–Crippen LogP) is 1.56. The summed E-state index contributed by atoms with van der Waals surface area (Å²) >= 11 is 5.80. The molecule has 1 fully saturated rings. The molecule has 1 aromatic carbocycles. The van der Waals surface area contributed by atoms with E-state index in [1.807, 2.05) is 0 Å². The molecule has 120 valence electrons. The van der Waals surface area contributed by atoms with Gasteiger partial charge in [0.25, 0.3) is 5.91 Å². The minimum Gasteiger partial charge on any atom is -0.482 e. The number of carbonyl (C=O) groups is 2. The van der Waals surface area contributed by atoms with Crippen molar-refractivity contribution in [2.45, 2.75) is 12.5 Å². The lowest BCUT2D eigenvalue weighted by Crippen LogP contribution is -2.47. The number of hydrogen-bond donors (Lipinski definition) is 1. The third-order valence-corrected chi connectivity index (χ3v) is 3.43. The maximum Gasteiger partial charge on any atom is 0.306 e. The molecule has 0 radical (unpaired) electrons. The number of nitrogens with zero attached hydrogens (tertiary/aromatic N) is 1. The maximum absolute atomic E-state index is 12.9. The van der Waals surface area contributed by atoms with Crippen LogP contribution in [0.1, 0.15) is 6.42 Å². The van der Waals surface area contributed by atoms with Crippen LogP contribution in [0.15, 0.2) is 18.2 Å². The van der Waals surface area contributed by atoms with Crippen molar-refractivity contribution in [1.82, 2.24) is 4.90 Å². The number of carboxylic acid groups (broad SMARTS) is 1. The minimum atomic E-state index is -0.978. The van der Waals surface area contributed by atoms with Crippen molar-refractivity contribution in [3.05, 3.63) is 29.0 Å². The van der Waals surface area contributed by atoms with Crippen molar-refractivity contribution in [3.8, 4) is 5.75 Å². The van der Waals surface area contributed by atoms with Gasteiger partial charge in [-0.15, -0.1) is 0 Å². The van der Waals surface area contributed by atoms with E-state index >= 15 is 0 Å². The molecule has 1 amide bonds. The molecule has 1 heterocycles. The van der Waals surface area contributed by atoms with Crippen LogP contribution in [-0.4, -0.2) is 54.3 Å². The molecular formula is C14H15ClFNO5. The summed E-state index contributed by atoms with van der Waals surface area (Å²) in [5.74, 6) is -1.56. The van der Waals surface area contributed by atoms with Crippen LogP contribution in [0.5, 0.6) is 5.75 Å². The van der Waals surface area contributed by atoms with E-state index in [0.717, 1.165) is 6.07 Å². The van der Waals surface area contributed by atoms with Crippen molar-refractivity contribution in [3.63, 3.8) is 0 Å². The number of ether oxygens (including phenoxy) is 2. The Morgan fingerprint density at radius 1 is 1.50 bits per heavy atom. The number of hydrogen-bond acceptors (Lipinski definition) is 4. The first-order chi connectivity index (χ1) is 10.5. The van der Waals surface area contributed by atoms with E-state index in [4.69, 9.17) is 26.2 Å². The van der Waals surface area contributed by atoms with Gasteiger partial charge in [-0.05, 0) is 18.2 Å². The van der Waals surface area contributed by atoms with Gasteiger partial charge in [0, 0.05) is 13.1 Å². The SMILES string of the molecule is O=C(O)C[C@H]1CN(C(=O)COc2ccc(F)cc2Cl)CCO1.